The van der Waals surface area contributed by atoms with Gasteiger partial charge in [-0.1, -0.05) is 6.07 Å². The van der Waals surface area contributed by atoms with Crippen molar-refractivity contribution < 1.29 is 13.9 Å². The van der Waals surface area contributed by atoms with Crippen molar-refractivity contribution in [3.63, 3.8) is 0 Å². The third-order valence-corrected chi connectivity index (χ3v) is 2.87. The quantitative estimate of drug-likeness (QED) is 0.804. The molecule has 2 aromatic carbocycles. The lowest BCUT2D eigenvalue weighted by molar-refractivity contribution is 0.219. The fourth-order valence-corrected chi connectivity index (χ4v) is 1.90. The summed E-state index contributed by atoms with van der Waals surface area (Å²) >= 11 is 0. The van der Waals surface area contributed by atoms with E-state index in [-0.39, 0.29) is 11.4 Å². The average Bonchev–Trinajstić information content (AvgIpc) is 2.31. The molecular weight excluding hydrogens is 236 g/mol. The fourth-order valence-electron chi connectivity index (χ4n) is 1.90. The van der Waals surface area contributed by atoms with Crippen LogP contribution in [0.25, 0.3) is 0 Å². The largest absolute Gasteiger partial charge is 0.398 e. The predicted octanol–water partition coefficient (Wildman–Crippen LogP) is 2.94. The van der Waals surface area contributed by atoms with E-state index in [4.69, 9.17) is 5.73 Å². The summed E-state index contributed by atoms with van der Waals surface area (Å²) in [7, 11) is 0. The van der Waals surface area contributed by atoms with E-state index in [1.165, 1.54) is 36.4 Å². The molecule has 0 saturated heterocycles. The zero-order chi connectivity index (χ0) is 13.3. The first-order valence-corrected chi connectivity index (χ1v) is 5.48. The van der Waals surface area contributed by atoms with Crippen LogP contribution in [0.4, 0.5) is 14.5 Å². The van der Waals surface area contributed by atoms with Gasteiger partial charge in [0.2, 0.25) is 0 Å². The van der Waals surface area contributed by atoms with Gasteiger partial charge in [-0.2, -0.15) is 0 Å². The smallest absolute Gasteiger partial charge is 0.123 e. The van der Waals surface area contributed by atoms with Crippen LogP contribution in [0.15, 0.2) is 36.4 Å². The monoisotopic (exact) mass is 249 g/mol. The van der Waals surface area contributed by atoms with Crippen LogP contribution in [-0.4, -0.2) is 5.11 Å². The van der Waals surface area contributed by atoms with Gasteiger partial charge in [-0.15, -0.1) is 0 Å². The minimum absolute atomic E-state index is 0.282. The zero-order valence-corrected chi connectivity index (χ0v) is 9.82. The van der Waals surface area contributed by atoms with E-state index >= 15 is 0 Å². The highest BCUT2D eigenvalue weighted by molar-refractivity contribution is 5.51. The lowest BCUT2D eigenvalue weighted by Gasteiger charge is -2.16. The highest BCUT2D eigenvalue weighted by Gasteiger charge is 2.16. The van der Waals surface area contributed by atoms with Gasteiger partial charge in [0, 0.05) is 11.3 Å². The van der Waals surface area contributed by atoms with Crippen molar-refractivity contribution in [2.24, 2.45) is 0 Å². The maximum absolute atomic E-state index is 13.2. The standard InChI is InChI=1S/C14H13F2NO/c1-8-6-9(15)2-4-11(8)14(18)12-7-10(16)3-5-13(12)17/h2-7,14,18H,17H2,1H3. The van der Waals surface area contributed by atoms with Gasteiger partial charge in [-0.25, -0.2) is 8.78 Å². The lowest BCUT2D eigenvalue weighted by Crippen LogP contribution is -2.06. The first-order valence-electron chi connectivity index (χ1n) is 5.48. The van der Waals surface area contributed by atoms with Crippen LogP contribution < -0.4 is 5.73 Å². The van der Waals surface area contributed by atoms with Crippen LogP contribution in [0.3, 0.4) is 0 Å². The highest BCUT2D eigenvalue weighted by atomic mass is 19.1. The molecule has 94 valence electrons. The summed E-state index contributed by atoms with van der Waals surface area (Å²) in [5.41, 5.74) is 7.38. The van der Waals surface area contributed by atoms with Crippen molar-refractivity contribution in [1.29, 1.82) is 0 Å². The van der Waals surface area contributed by atoms with Crippen LogP contribution in [0, 0.1) is 18.6 Å². The maximum atomic E-state index is 13.2. The first-order chi connectivity index (χ1) is 8.49. The SMILES string of the molecule is Cc1cc(F)ccc1C(O)c1cc(F)ccc1N. The van der Waals surface area contributed by atoms with Crippen molar-refractivity contribution in [2.75, 3.05) is 5.73 Å². The Hall–Kier alpha value is -1.94. The van der Waals surface area contributed by atoms with Crippen LogP contribution >= 0.6 is 0 Å². The van der Waals surface area contributed by atoms with Crippen LogP contribution in [0.2, 0.25) is 0 Å². The molecule has 2 aromatic rings. The van der Waals surface area contributed by atoms with Crippen LogP contribution in [0.5, 0.6) is 0 Å². The number of hydrogen-bond donors (Lipinski definition) is 2. The van der Waals surface area contributed by atoms with Crippen molar-refractivity contribution in [2.45, 2.75) is 13.0 Å². The summed E-state index contributed by atoms with van der Waals surface area (Å²) in [6, 6.07) is 7.84. The topological polar surface area (TPSA) is 46.2 Å². The molecule has 2 rings (SSSR count). The second kappa shape index (κ2) is 4.74. The van der Waals surface area contributed by atoms with Gasteiger partial charge in [0.25, 0.3) is 0 Å². The molecule has 0 aliphatic rings. The summed E-state index contributed by atoms with van der Waals surface area (Å²) in [6.07, 6.45) is -1.07. The van der Waals surface area contributed by atoms with E-state index in [1.807, 2.05) is 0 Å². The molecule has 1 unspecified atom stereocenters. The van der Waals surface area contributed by atoms with E-state index in [9.17, 15) is 13.9 Å². The van der Waals surface area contributed by atoms with E-state index in [2.05, 4.69) is 0 Å². The second-order valence-corrected chi connectivity index (χ2v) is 4.18. The Morgan fingerprint density at radius 2 is 1.61 bits per heavy atom. The Morgan fingerprint density at radius 3 is 2.28 bits per heavy atom. The molecule has 2 nitrogen and oxygen atoms in total. The number of benzene rings is 2. The molecular formula is C14H13F2NO. The number of nitrogens with two attached hydrogens (primary N) is 1. The van der Waals surface area contributed by atoms with Gasteiger partial charge >= 0.3 is 0 Å². The maximum Gasteiger partial charge on any atom is 0.123 e. The summed E-state index contributed by atoms with van der Waals surface area (Å²) in [5, 5.41) is 10.2. The van der Waals surface area contributed by atoms with Crippen molar-refractivity contribution in [3.8, 4) is 0 Å². The van der Waals surface area contributed by atoms with Crippen molar-refractivity contribution in [3.05, 3.63) is 64.7 Å². The average molecular weight is 249 g/mol. The molecule has 0 radical (unpaired) electrons. The number of halogens is 2. The molecule has 0 fully saturated rings. The van der Waals surface area contributed by atoms with Crippen molar-refractivity contribution >= 4 is 5.69 Å². The zero-order valence-electron chi connectivity index (χ0n) is 9.82. The van der Waals surface area contributed by atoms with Crippen molar-refractivity contribution in [1.82, 2.24) is 0 Å². The van der Waals surface area contributed by atoms with E-state index in [0.717, 1.165) is 0 Å². The molecule has 0 amide bonds. The van der Waals surface area contributed by atoms with Gasteiger partial charge in [0.05, 0.1) is 0 Å². The lowest BCUT2D eigenvalue weighted by atomic mass is 9.96. The molecule has 18 heavy (non-hydrogen) atoms. The molecule has 3 N–H and O–H groups in total. The minimum Gasteiger partial charge on any atom is -0.398 e. The molecule has 1 atom stereocenters. The van der Waals surface area contributed by atoms with E-state index < -0.39 is 11.9 Å². The first kappa shape index (κ1) is 12.5. The minimum atomic E-state index is -1.07. The molecule has 0 aromatic heterocycles. The predicted molar refractivity (Wildman–Crippen MR) is 66.0 cm³/mol. The number of nitrogen functional groups attached to an aromatic ring is 1. The molecule has 0 spiro atoms. The number of aliphatic hydroxyl groups is 1. The summed E-state index contributed by atoms with van der Waals surface area (Å²) in [6.45, 7) is 1.68. The Morgan fingerprint density at radius 1 is 1.00 bits per heavy atom. The van der Waals surface area contributed by atoms with E-state index in [0.29, 0.717) is 16.8 Å². The van der Waals surface area contributed by atoms with E-state index in [1.54, 1.807) is 6.92 Å². The normalized spacial score (nSPS) is 12.4. The summed E-state index contributed by atoms with van der Waals surface area (Å²) in [4.78, 5) is 0. The summed E-state index contributed by atoms with van der Waals surface area (Å²) < 4.78 is 26.2. The number of aliphatic hydroxyl groups excluding tert-OH is 1. The molecule has 0 saturated carbocycles. The van der Waals surface area contributed by atoms with Crippen LogP contribution in [-0.2, 0) is 0 Å². The van der Waals surface area contributed by atoms with Gasteiger partial charge in [-0.05, 0) is 48.4 Å². The van der Waals surface area contributed by atoms with Gasteiger partial charge < -0.3 is 10.8 Å². The number of rotatable bonds is 2. The van der Waals surface area contributed by atoms with Gasteiger partial charge in [0.1, 0.15) is 17.7 Å². The Bertz CT molecular complexity index is 584. The Balaban J connectivity index is 2.47. The van der Waals surface area contributed by atoms with Gasteiger partial charge in [0.15, 0.2) is 0 Å². The fraction of sp³-hybridized carbons (Fsp3) is 0.143. The summed E-state index contributed by atoms with van der Waals surface area (Å²) in [5.74, 6) is -0.853. The number of anilines is 1. The molecule has 0 heterocycles. The molecule has 0 bridgehead atoms. The van der Waals surface area contributed by atoms with Crippen LogP contribution in [0.1, 0.15) is 22.8 Å². The second-order valence-electron chi connectivity index (χ2n) is 4.18. The highest BCUT2D eigenvalue weighted by Crippen LogP contribution is 2.29. The Kier molecular flexibility index (Phi) is 3.30. The Labute approximate surface area is 104 Å². The number of aryl methyl sites for hydroxylation is 1. The molecule has 0 aliphatic carbocycles. The third-order valence-electron chi connectivity index (χ3n) is 2.87. The molecule has 0 aliphatic heterocycles. The van der Waals surface area contributed by atoms with Gasteiger partial charge in [-0.3, -0.25) is 0 Å². The third kappa shape index (κ3) is 2.33. The number of hydrogen-bond acceptors (Lipinski definition) is 2. The molecule has 4 heteroatoms.